The maximum atomic E-state index is 5.90. The average molecular weight is 320 g/mol. The van der Waals surface area contributed by atoms with Crippen LogP contribution in [-0.4, -0.2) is 12.0 Å². The van der Waals surface area contributed by atoms with Crippen LogP contribution in [0.25, 0.3) is 0 Å². The molecule has 0 radical (unpaired) electrons. The molecule has 2 aromatic rings. The third-order valence-electron chi connectivity index (χ3n) is 3.09. The number of rotatable bonds is 3. The van der Waals surface area contributed by atoms with Crippen molar-refractivity contribution in [3.63, 3.8) is 0 Å². The van der Waals surface area contributed by atoms with E-state index in [2.05, 4.69) is 38.9 Å². The lowest BCUT2D eigenvalue weighted by atomic mass is 10.1. The smallest absolute Gasteiger partial charge is 0.0600 e. The molecule has 0 amide bonds. The highest BCUT2D eigenvalue weighted by Crippen LogP contribution is 2.30. The van der Waals surface area contributed by atoms with Crippen molar-refractivity contribution >= 4 is 27.3 Å². The maximum Gasteiger partial charge on any atom is 0.0600 e. The van der Waals surface area contributed by atoms with Crippen molar-refractivity contribution in [1.29, 1.82) is 0 Å². The second kappa shape index (κ2) is 5.61. The number of benzene rings is 1. The molecule has 0 saturated heterocycles. The van der Waals surface area contributed by atoms with Crippen LogP contribution >= 0.6 is 15.9 Å². The normalized spacial score (nSPS) is 10.5. The molecule has 0 saturated carbocycles. The molecular weight excluding hydrogens is 302 g/mol. The van der Waals surface area contributed by atoms with Crippen LogP contribution in [0.5, 0.6) is 0 Å². The number of hydrogen-bond donors (Lipinski definition) is 1. The van der Waals surface area contributed by atoms with E-state index in [9.17, 15) is 0 Å². The van der Waals surface area contributed by atoms with Crippen molar-refractivity contribution in [2.75, 3.05) is 17.7 Å². The van der Waals surface area contributed by atoms with Crippen molar-refractivity contribution in [3.8, 4) is 0 Å². The van der Waals surface area contributed by atoms with Gasteiger partial charge in [0.15, 0.2) is 0 Å². The highest BCUT2D eigenvalue weighted by Gasteiger charge is 2.09. The van der Waals surface area contributed by atoms with E-state index in [1.54, 1.807) is 0 Å². The van der Waals surface area contributed by atoms with Crippen molar-refractivity contribution in [3.05, 3.63) is 51.8 Å². The number of anilines is 2. The Balaban J connectivity index is 2.25. The highest BCUT2D eigenvalue weighted by molar-refractivity contribution is 9.10. The zero-order valence-corrected chi connectivity index (χ0v) is 13.0. The lowest BCUT2D eigenvalue weighted by Gasteiger charge is -2.21. The van der Waals surface area contributed by atoms with Crippen molar-refractivity contribution < 1.29 is 0 Å². The molecule has 0 atom stereocenters. The van der Waals surface area contributed by atoms with Crippen LogP contribution in [0.3, 0.4) is 0 Å². The minimum atomic E-state index is 0.767. The summed E-state index contributed by atoms with van der Waals surface area (Å²) in [5.74, 6) is 0. The molecule has 0 aliphatic rings. The molecule has 1 aromatic carbocycles. The molecule has 0 aliphatic heterocycles. The van der Waals surface area contributed by atoms with Gasteiger partial charge >= 0.3 is 0 Å². The zero-order valence-electron chi connectivity index (χ0n) is 11.4. The minimum absolute atomic E-state index is 0.767. The quantitative estimate of drug-likeness (QED) is 0.877. The van der Waals surface area contributed by atoms with Gasteiger partial charge in [-0.3, -0.25) is 4.98 Å². The zero-order chi connectivity index (χ0) is 14.0. The van der Waals surface area contributed by atoms with E-state index in [0.717, 1.165) is 39.3 Å². The summed E-state index contributed by atoms with van der Waals surface area (Å²) < 4.78 is 1.01. The number of nitrogens with zero attached hydrogens (tertiary/aromatic N) is 2. The van der Waals surface area contributed by atoms with Gasteiger partial charge in [0.05, 0.1) is 17.9 Å². The Bertz CT molecular complexity index is 596. The number of nitrogen functional groups attached to an aromatic ring is 1. The molecule has 100 valence electrons. The van der Waals surface area contributed by atoms with Crippen LogP contribution in [0.1, 0.15) is 17.0 Å². The summed E-state index contributed by atoms with van der Waals surface area (Å²) in [4.78, 5) is 6.69. The maximum absolute atomic E-state index is 5.90. The summed E-state index contributed by atoms with van der Waals surface area (Å²) in [6.45, 7) is 4.79. The van der Waals surface area contributed by atoms with E-state index in [1.807, 2.05) is 38.1 Å². The van der Waals surface area contributed by atoms with Gasteiger partial charge in [0.1, 0.15) is 0 Å². The number of aryl methyl sites for hydroxylation is 2. The third-order valence-corrected chi connectivity index (χ3v) is 3.73. The van der Waals surface area contributed by atoms with Crippen molar-refractivity contribution in [2.45, 2.75) is 20.4 Å². The highest BCUT2D eigenvalue weighted by atomic mass is 79.9. The Kier molecular flexibility index (Phi) is 4.10. The lowest BCUT2D eigenvalue weighted by Crippen LogP contribution is -2.18. The molecule has 1 aromatic heterocycles. The van der Waals surface area contributed by atoms with Gasteiger partial charge in [-0.25, -0.2) is 0 Å². The Morgan fingerprint density at radius 1 is 1.26 bits per heavy atom. The Morgan fingerprint density at radius 2 is 2.00 bits per heavy atom. The van der Waals surface area contributed by atoms with E-state index < -0.39 is 0 Å². The van der Waals surface area contributed by atoms with Crippen molar-refractivity contribution in [2.24, 2.45) is 0 Å². The van der Waals surface area contributed by atoms with Crippen LogP contribution in [0.15, 0.2) is 34.8 Å². The summed E-state index contributed by atoms with van der Waals surface area (Å²) in [6, 6.07) is 10.1. The first-order valence-electron chi connectivity index (χ1n) is 6.16. The van der Waals surface area contributed by atoms with E-state index in [0.29, 0.717) is 0 Å². The molecule has 0 unspecified atom stereocenters. The minimum Gasteiger partial charge on any atom is -0.398 e. The molecule has 2 N–H and O–H groups in total. The Labute approximate surface area is 122 Å². The standard InChI is InChI=1S/C15H18BrN3/c1-10-7-15(13(16)8-14(10)17)19(3)9-12-6-4-5-11(2)18-12/h4-8H,9,17H2,1-3H3. The summed E-state index contributed by atoms with van der Waals surface area (Å²) >= 11 is 3.57. The Hall–Kier alpha value is -1.55. The van der Waals surface area contributed by atoms with Gasteiger partial charge in [-0.1, -0.05) is 6.07 Å². The number of hydrogen-bond acceptors (Lipinski definition) is 3. The first-order chi connectivity index (χ1) is 8.97. The fraction of sp³-hybridized carbons (Fsp3) is 0.267. The van der Waals surface area contributed by atoms with Crippen LogP contribution < -0.4 is 10.6 Å². The number of pyridine rings is 1. The van der Waals surface area contributed by atoms with Gasteiger partial charge in [0.25, 0.3) is 0 Å². The summed E-state index contributed by atoms with van der Waals surface area (Å²) in [5.41, 5.74) is 11.0. The lowest BCUT2D eigenvalue weighted by molar-refractivity contribution is 0.874. The monoisotopic (exact) mass is 319 g/mol. The molecule has 0 aliphatic carbocycles. The van der Waals surface area contributed by atoms with Gasteiger partial charge in [0, 0.05) is 22.9 Å². The fourth-order valence-electron chi connectivity index (χ4n) is 1.99. The van der Waals surface area contributed by atoms with Gasteiger partial charge in [-0.2, -0.15) is 0 Å². The van der Waals surface area contributed by atoms with Crippen molar-refractivity contribution in [1.82, 2.24) is 4.98 Å². The Morgan fingerprint density at radius 3 is 2.68 bits per heavy atom. The number of aromatic nitrogens is 1. The predicted octanol–water partition coefficient (Wildman–Crippen LogP) is 3.68. The van der Waals surface area contributed by atoms with Crippen LogP contribution in [-0.2, 0) is 6.54 Å². The largest absolute Gasteiger partial charge is 0.398 e. The second-order valence-corrected chi connectivity index (χ2v) is 5.64. The van der Waals surface area contributed by atoms with E-state index in [-0.39, 0.29) is 0 Å². The van der Waals surface area contributed by atoms with E-state index in [1.165, 1.54) is 0 Å². The SMILES string of the molecule is Cc1cccc(CN(C)c2cc(C)c(N)cc2Br)n1. The summed E-state index contributed by atoms with van der Waals surface area (Å²) in [7, 11) is 2.06. The average Bonchev–Trinajstić information content (AvgIpc) is 2.33. The summed E-state index contributed by atoms with van der Waals surface area (Å²) in [5, 5.41) is 0. The summed E-state index contributed by atoms with van der Waals surface area (Å²) in [6.07, 6.45) is 0. The molecule has 4 heteroatoms. The molecule has 19 heavy (non-hydrogen) atoms. The molecule has 0 bridgehead atoms. The van der Waals surface area contributed by atoms with Gasteiger partial charge in [-0.15, -0.1) is 0 Å². The molecule has 2 rings (SSSR count). The first-order valence-corrected chi connectivity index (χ1v) is 6.96. The molecule has 1 heterocycles. The van der Waals surface area contributed by atoms with Gasteiger partial charge in [-0.05, 0) is 59.6 Å². The van der Waals surface area contributed by atoms with E-state index >= 15 is 0 Å². The van der Waals surface area contributed by atoms with Crippen LogP contribution in [0.4, 0.5) is 11.4 Å². The van der Waals surface area contributed by atoms with Crippen LogP contribution in [0.2, 0.25) is 0 Å². The molecule has 0 fully saturated rings. The fourth-order valence-corrected chi connectivity index (χ4v) is 2.65. The van der Waals surface area contributed by atoms with Gasteiger partial charge in [0.2, 0.25) is 0 Å². The molecule has 3 nitrogen and oxygen atoms in total. The first kappa shape index (κ1) is 13.9. The topological polar surface area (TPSA) is 42.1 Å². The van der Waals surface area contributed by atoms with E-state index in [4.69, 9.17) is 5.73 Å². The van der Waals surface area contributed by atoms with Gasteiger partial charge < -0.3 is 10.6 Å². The predicted molar refractivity (Wildman–Crippen MR) is 84.4 cm³/mol. The number of halogens is 1. The number of nitrogens with two attached hydrogens (primary N) is 1. The molecular formula is C15H18BrN3. The van der Waals surface area contributed by atoms with Crippen LogP contribution in [0, 0.1) is 13.8 Å². The molecule has 0 spiro atoms. The third kappa shape index (κ3) is 3.26. The second-order valence-electron chi connectivity index (χ2n) is 4.79.